The van der Waals surface area contributed by atoms with Crippen molar-refractivity contribution in [3.05, 3.63) is 22.7 Å². The summed E-state index contributed by atoms with van der Waals surface area (Å²) < 4.78 is 6.28. The van der Waals surface area contributed by atoms with E-state index in [-0.39, 0.29) is 0 Å². The third kappa shape index (κ3) is 4.11. The minimum atomic E-state index is 0.880. The third-order valence-electron chi connectivity index (χ3n) is 3.91. The average molecular weight is 327 g/mol. The molecular formula is C15H23BrN2O. The minimum absolute atomic E-state index is 0.880. The highest BCUT2D eigenvalue weighted by Gasteiger charge is 2.14. The molecule has 1 aromatic carbocycles. The van der Waals surface area contributed by atoms with E-state index < -0.39 is 0 Å². The summed E-state index contributed by atoms with van der Waals surface area (Å²) in [5.74, 6) is 1.76. The van der Waals surface area contributed by atoms with Crippen molar-refractivity contribution in [1.82, 2.24) is 5.32 Å². The highest BCUT2D eigenvalue weighted by atomic mass is 79.9. The van der Waals surface area contributed by atoms with Crippen molar-refractivity contribution in [2.45, 2.75) is 19.3 Å². The number of piperidine rings is 1. The lowest BCUT2D eigenvalue weighted by Crippen LogP contribution is -2.30. The average Bonchev–Trinajstić information content (AvgIpc) is 2.45. The summed E-state index contributed by atoms with van der Waals surface area (Å²) in [5.41, 5.74) is 1.24. The van der Waals surface area contributed by atoms with Gasteiger partial charge in [0.15, 0.2) is 0 Å². The van der Waals surface area contributed by atoms with Gasteiger partial charge in [0, 0.05) is 19.3 Å². The molecule has 1 aliphatic heterocycles. The zero-order valence-electron chi connectivity index (χ0n) is 11.8. The fraction of sp³-hybridized carbons (Fsp3) is 0.600. The molecule has 0 bridgehead atoms. The summed E-state index contributed by atoms with van der Waals surface area (Å²) in [5, 5.41) is 3.42. The van der Waals surface area contributed by atoms with Crippen molar-refractivity contribution >= 4 is 21.6 Å². The van der Waals surface area contributed by atoms with Crippen LogP contribution in [0.2, 0.25) is 0 Å². The van der Waals surface area contributed by atoms with Gasteiger partial charge < -0.3 is 15.0 Å². The Hall–Kier alpha value is -0.740. The maximum atomic E-state index is 5.26. The summed E-state index contributed by atoms with van der Waals surface area (Å²) in [6, 6.07) is 6.26. The minimum Gasteiger partial charge on any atom is -0.496 e. The number of halogens is 1. The number of methoxy groups -OCH3 is 1. The molecule has 0 aliphatic carbocycles. The summed E-state index contributed by atoms with van der Waals surface area (Å²) in [7, 11) is 3.86. The molecule has 0 unspecified atom stereocenters. The topological polar surface area (TPSA) is 24.5 Å². The number of nitrogens with one attached hydrogen (secondary N) is 1. The van der Waals surface area contributed by atoms with E-state index in [4.69, 9.17) is 4.74 Å². The van der Waals surface area contributed by atoms with Gasteiger partial charge in [0.05, 0.1) is 11.6 Å². The number of hydrogen-bond acceptors (Lipinski definition) is 3. The van der Waals surface area contributed by atoms with Crippen LogP contribution in [0, 0.1) is 5.92 Å². The van der Waals surface area contributed by atoms with Crippen LogP contribution in [0.5, 0.6) is 5.75 Å². The normalized spacial score (nSPS) is 16.4. The number of hydrogen-bond donors (Lipinski definition) is 1. The highest BCUT2D eigenvalue weighted by Crippen LogP contribution is 2.29. The Morgan fingerprint density at radius 1 is 1.37 bits per heavy atom. The van der Waals surface area contributed by atoms with Gasteiger partial charge in [-0.25, -0.2) is 0 Å². The van der Waals surface area contributed by atoms with Crippen LogP contribution in [0.25, 0.3) is 0 Å². The largest absolute Gasteiger partial charge is 0.496 e. The molecule has 0 atom stereocenters. The SMILES string of the molecule is COc1ccc(N(C)CCC2CCNCC2)cc1Br. The second kappa shape index (κ2) is 7.15. The van der Waals surface area contributed by atoms with Crippen molar-refractivity contribution in [3.8, 4) is 5.75 Å². The maximum Gasteiger partial charge on any atom is 0.133 e. The lowest BCUT2D eigenvalue weighted by atomic mass is 9.94. The Labute approximate surface area is 124 Å². The summed E-state index contributed by atoms with van der Waals surface area (Å²) >= 11 is 3.54. The van der Waals surface area contributed by atoms with Gasteiger partial charge in [0.1, 0.15) is 5.75 Å². The van der Waals surface area contributed by atoms with Crippen LogP contribution in [0.3, 0.4) is 0 Å². The Kier molecular flexibility index (Phi) is 5.52. The Bertz CT molecular complexity index is 405. The van der Waals surface area contributed by atoms with Crippen LogP contribution in [-0.2, 0) is 0 Å². The van der Waals surface area contributed by atoms with Gasteiger partial charge in [-0.05, 0) is 72.4 Å². The first-order valence-electron chi connectivity index (χ1n) is 6.96. The standard InChI is InChI=1S/C15H23BrN2O/c1-18(10-7-12-5-8-17-9-6-12)13-3-4-15(19-2)14(16)11-13/h3-4,11-12,17H,5-10H2,1-2H3. The lowest BCUT2D eigenvalue weighted by molar-refractivity contribution is 0.356. The van der Waals surface area contributed by atoms with E-state index in [9.17, 15) is 0 Å². The zero-order chi connectivity index (χ0) is 13.7. The Morgan fingerprint density at radius 3 is 2.74 bits per heavy atom. The van der Waals surface area contributed by atoms with Crippen molar-refractivity contribution < 1.29 is 4.74 Å². The molecule has 1 heterocycles. The van der Waals surface area contributed by atoms with E-state index in [1.54, 1.807) is 7.11 Å². The number of benzene rings is 1. The molecule has 0 aromatic heterocycles. The molecule has 106 valence electrons. The summed E-state index contributed by atoms with van der Waals surface area (Å²) in [4.78, 5) is 2.33. The molecule has 0 spiro atoms. The number of anilines is 1. The van der Waals surface area contributed by atoms with E-state index in [0.717, 1.165) is 22.7 Å². The number of nitrogens with zero attached hydrogens (tertiary/aromatic N) is 1. The molecule has 0 radical (unpaired) electrons. The molecule has 1 saturated heterocycles. The lowest BCUT2D eigenvalue weighted by Gasteiger charge is -2.26. The predicted molar refractivity (Wildman–Crippen MR) is 84.2 cm³/mol. The van der Waals surface area contributed by atoms with Gasteiger partial charge in [-0.15, -0.1) is 0 Å². The van der Waals surface area contributed by atoms with Crippen molar-refractivity contribution in [2.75, 3.05) is 38.7 Å². The van der Waals surface area contributed by atoms with E-state index in [2.05, 4.69) is 45.3 Å². The first kappa shape index (κ1) is 14.7. The molecule has 1 aliphatic rings. The molecule has 4 heteroatoms. The molecule has 0 saturated carbocycles. The van der Waals surface area contributed by atoms with Crippen molar-refractivity contribution in [2.24, 2.45) is 5.92 Å². The number of rotatable bonds is 5. The molecular weight excluding hydrogens is 304 g/mol. The van der Waals surface area contributed by atoms with E-state index in [0.29, 0.717) is 0 Å². The third-order valence-corrected chi connectivity index (χ3v) is 4.53. The Balaban J connectivity index is 1.88. The maximum absolute atomic E-state index is 5.26. The molecule has 19 heavy (non-hydrogen) atoms. The first-order valence-corrected chi connectivity index (χ1v) is 7.75. The molecule has 1 aromatic rings. The molecule has 0 amide bonds. The second-order valence-electron chi connectivity index (χ2n) is 5.22. The van der Waals surface area contributed by atoms with Gasteiger partial charge in [0.2, 0.25) is 0 Å². The van der Waals surface area contributed by atoms with Crippen molar-refractivity contribution in [3.63, 3.8) is 0 Å². The monoisotopic (exact) mass is 326 g/mol. The van der Waals surface area contributed by atoms with Gasteiger partial charge in [-0.1, -0.05) is 0 Å². The molecule has 1 fully saturated rings. The summed E-state index contributed by atoms with van der Waals surface area (Å²) in [6.45, 7) is 3.48. The van der Waals surface area contributed by atoms with E-state index in [1.165, 1.54) is 38.0 Å². The van der Waals surface area contributed by atoms with Gasteiger partial charge >= 0.3 is 0 Å². The van der Waals surface area contributed by atoms with E-state index >= 15 is 0 Å². The Morgan fingerprint density at radius 2 is 2.11 bits per heavy atom. The van der Waals surface area contributed by atoms with Crippen LogP contribution in [-0.4, -0.2) is 33.8 Å². The van der Waals surface area contributed by atoms with Crippen LogP contribution in [0.15, 0.2) is 22.7 Å². The second-order valence-corrected chi connectivity index (χ2v) is 6.08. The number of ether oxygens (including phenoxy) is 1. The predicted octanol–water partition coefficient (Wildman–Crippen LogP) is 3.28. The summed E-state index contributed by atoms with van der Waals surface area (Å²) in [6.07, 6.45) is 3.92. The quantitative estimate of drug-likeness (QED) is 0.898. The fourth-order valence-electron chi connectivity index (χ4n) is 2.57. The smallest absolute Gasteiger partial charge is 0.133 e. The molecule has 2 rings (SSSR count). The molecule has 1 N–H and O–H groups in total. The van der Waals surface area contributed by atoms with Gasteiger partial charge in [-0.2, -0.15) is 0 Å². The van der Waals surface area contributed by atoms with Crippen LogP contribution in [0.1, 0.15) is 19.3 Å². The first-order chi connectivity index (χ1) is 9.20. The van der Waals surface area contributed by atoms with Gasteiger partial charge in [0.25, 0.3) is 0 Å². The van der Waals surface area contributed by atoms with E-state index in [1.807, 2.05) is 6.07 Å². The van der Waals surface area contributed by atoms with Crippen molar-refractivity contribution in [1.29, 1.82) is 0 Å². The highest BCUT2D eigenvalue weighted by molar-refractivity contribution is 9.10. The zero-order valence-corrected chi connectivity index (χ0v) is 13.4. The van der Waals surface area contributed by atoms with Gasteiger partial charge in [-0.3, -0.25) is 0 Å². The fourth-order valence-corrected chi connectivity index (χ4v) is 3.10. The van der Waals surface area contributed by atoms with Crippen LogP contribution in [0.4, 0.5) is 5.69 Å². The van der Waals surface area contributed by atoms with Crippen LogP contribution >= 0.6 is 15.9 Å². The molecule has 3 nitrogen and oxygen atoms in total. The van der Waals surface area contributed by atoms with Crippen LogP contribution < -0.4 is 15.0 Å².